The fourth-order valence-electron chi connectivity index (χ4n) is 2.87. The van der Waals surface area contributed by atoms with E-state index in [0.29, 0.717) is 36.7 Å². The predicted octanol–water partition coefficient (Wildman–Crippen LogP) is 2.30. The summed E-state index contributed by atoms with van der Waals surface area (Å²) in [6.45, 7) is 0.988. The summed E-state index contributed by atoms with van der Waals surface area (Å²) in [6, 6.07) is 0. The lowest BCUT2D eigenvalue weighted by molar-refractivity contribution is -0.0903. The Morgan fingerprint density at radius 2 is 2.05 bits per heavy atom. The van der Waals surface area contributed by atoms with Crippen molar-refractivity contribution in [2.24, 2.45) is 0 Å². The van der Waals surface area contributed by atoms with Crippen molar-refractivity contribution in [3.8, 4) is 0 Å². The zero-order valence-corrected chi connectivity index (χ0v) is 12.6. The van der Waals surface area contributed by atoms with Gasteiger partial charge < -0.3 is 14.9 Å². The van der Waals surface area contributed by atoms with Gasteiger partial charge in [0, 0.05) is 7.11 Å². The Labute approximate surface area is 124 Å². The van der Waals surface area contributed by atoms with Gasteiger partial charge in [-0.05, 0) is 12.8 Å². The van der Waals surface area contributed by atoms with Crippen LogP contribution in [0.1, 0.15) is 50.3 Å². The summed E-state index contributed by atoms with van der Waals surface area (Å²) in [5.74, 6) is 0. The van der Waals surface area contributed by atoms with Gasteiger partial charge in [0.15, 0.2) is 0 Å². The van der Waals surface area contributed by atoms with E-state index in [0.717, 1.165) is 25.7 Å². The quantitative estimate of drug-likeness (QED) is 0.819. The zero-order chi connectivity index (χ0) is 14.6. The Hall–Kier alpha value is -0.620. The standard InChI is InChI=1S/C14H23ClN2O3/c1-20-9-8-17-12(11(15)10-16-17)13(18)14(19)6-4-2-3-5-7-14/h10,13,18-19H,2-9H2,1H3. The molecule has 1 atom stereocenters. The lowest BCUT2D eigenvalue weighted by Crippen LogP contribution is -2.37. The van der Waals surface area contributed by atoms with E-state index >= 15 is 0 Å². The van der Waals surface area contributed by atoms with Crippen LogP contribution in [0.5, 0.6) is 0 Å². The number of halogens is 1. The second-order valence-corrected chi connectivity index (χ2v) is 5.92. The molecule has 1 aromatic heterocycles. The van der Waals surface area contributed by atoms with Crippen LogP contribution in [0.3, 0.4) is 0 Å². The summed E-state index contributed by atoms with van der Waals surface area (Å²) >= 11 is 6.15. The van der Waals surface area contributed by atoms with Crippen molar-refractivity contribution in [1.29, 1.82) is 0 Å². The van der Waals surface area contributed by atoms with E-state index in [-0.39, 0.29) is 0 Å². The first-order valence-corrected chi connectivity index (χ1v) is 7.57. The van der Waals surface area contributed by atoms with E-state index in [1.807, 2.05) is 0 Å². The lowest BCUT2D eigenvalue weighted by atomic mass is 9.86. The molecule has 1 aliphatic rings. The number of rotatable bonds is 5. The fourth-order valence-corrected chi connectivity index (χ4v) is 3.11. The van der Waals surface area contributed by atoms with Crippen LogP contribution in [0.2, 0.25) is 5.02 Å². The number of hydrogen-bond donors (Lipinski definition) is 2. The predicted molar refractivity (Wildman–Crippen MR) is 76.7 cm³/mol. The monoisotopic (exact) mass is 302 g/mol. The van der Waals surface area contributed by atoms with Crippen LogP contribution in [0, 0.1) is 0 Å². The number of hydrogen-bond acceptors (Lipinski definition) is 4. The van der Waals surface area contributed by atoms with E-state index in [4.69, 9.17) is 16.3 Å². The molecule has 0 radical (unpaired) electrons. The van der Waals surface area contributed by atoms with Gasteiger partial charge in [-0.15, -0.1) is 0 Å². The molecule has 0 bridgehead atoms. The Morgan fingerprint density at radius 1 is 1.40 bits per heavy atom. The molecular formula is C14H23ClN2O3. The maximum absolute atomic E-state index is 10.8. The molecule has 0 aliphatic heterocycles. The van der Waals surface area contributed by atoms with Gasteiger partial charge >= 0.3 is 0 Å². The van der Waals surface area contributed by atoms with Gasteiger partial charge in [0.25, 0.3) is 0 Å². The maximum Gasteiger partial charge on any atom is 0.126 e. The lowest BCUT2D eigenvalue weighted by Gasteiger charge is -2.32. The average Bonchev–Trinajstić information content (AvgIpc) is 2.64. The van der Waals surface area contributed by atoms with Gasteiger partial charge in [0.2, 0.25) is 0 Å². The van der Waals surface area contributed by atoms with E-state index in [1.54, 1.807) is 11.8 Å². The van der Waals surface area contributed by atoms with Crippen LogP contribution in [0.4, 0.5) is 0 Å². The minimum atomic E-state index is -1.11. The van der Waals surface area contributed by atoms with Gasteiger partial charge in [-0.3, -0.25) is 4.68 Å². The fraction of sp³-hybridized carbons (Fsp3) is 0.786. The smallest absolute Gasteiger partial charge is 0.126 e. The van der Waals surface area contributed by atoms with Gasteiger partial charge in [0.05, 0.1) is 35.7 Å². The molecule has 1 fully saturated rings. The minimum absolute atomic E-state index is 0.395. The minimum Gasteiger partial charge on any atom is -0.387 e. The van der Waals surface area contributed by atoms with Crippen molar-refractivity contribution in [2.45, 2.75) is 56.8 Å². The highest BCUT2D eigenvalue weighted by Gasteiger charge is 2.39. The Bertz CT molecular complexity index is 428. The van der Waals surface area contributed by atoms with Crippen molar-refractivity contribution < 1.29 is 14.9 Å². The molecule has 0 spiro atoms. The van der Waals surface area contributed by atoms with Crippen molar-refractivity contribution in [2.75, 3.05) is 13.7 Å². The van der Waals surface area contributed by atoms with Crippen LogP contribution < -0.4 is 0 Å². The number of aliphatic hydroxyl groups is 2. The van der Waals surface area contributed by atoms with Crippen LogP contribution >= 0.6 is 11.6 Å². The Morgan fingerprint density at radius 3 is 2.65 bits per heavy atom. The Kier molecular flexibility index (Phi) is 5.43. The average molecular weight is 303 g/mol. The first-order chi connectivity index (χ1) is 9.58. The number of ether oxygens (including phenoxy) is 1. The first kappa shape index (κ1) is 15.8. The Balaban J connectivity index is 2.22. The molecule has 2 rings (SSSR count). The molecule has 114 valence electrons. The first-order valence-electron chi connectivity index (χ1n) is 7.19. The number of nitrogens with zero attached hydrogens (tertiary/aromatic N) is 2. The largest absolute Gasteiger partial charge is 0.387 e. The van der Waals surface area contributed by atoms with Gasteiger partial charge in [-0.1, -0.05) is 37.3 Å². The molecule has 1 unspecified atom stereocenters. The van der Waals surface area contributed by atoms with Crippen LogP contribution in [0.15, 0.2) is 6.20 Å². The number of methoxy groups -OCH3 is 1. The molecule has 1 aromatic rings. The number of aromatic nitrogens is 2. The molecule has 0 aromatic carbocycles. The van der Waals surface area contributed by atoms with Crippen molar-refractivity contribution >= 4 is 11.6 Å². The summed E-state index contributed by atoms with van der Waals surface area (Å²) in [4.78, 5) is 0. The van der Waals surface area contributed by atoms with Crippen molar-refractivity contribution in [3.63, 3.8) is 0 Å². The number of aliphatic hydroxyl groups excluding tert-OH is 1. The summed E-state index contributed by atoms with van der Waals surface area (Å²) in [5.41, 5.74) is -0.613. The van der Waals surface area contributed by atoms with Crippen LogP contribution in [-0.2, 0) is 11.3 Å². The molecule has 0 amide bonds. The summed E-state index contributed by atoms with van der Waals surface area (Å²) in [7, 11) is 1.61. The topological polar surface area (TPSA) is 67.5 Å². The second-order valence-electron chi connectivity index (χ2n) is 5.51. The molecular weight excluding hydrogens is 280 g/mol. The normalized spacial score (nSPS) is 20.6. The molecule has 5 nitrogen and oxygen atoms in total. The van der Waals surface area contributed by atoms with Crippen LogP contribution in [-0.4, -0.2) is 39.3 Å². The highest BCUT2D eigenvalue weighted by Crippen LogP contribution is 2.39. The third-order valence-corrected chi connectivity index (χ3v) is 4.37. The molecule has 6 heteroatoms. The summed E-state index contributed by atoms with van der Waals surface area (Å²) in [6.07, 6.45) is 5.76. The van der Waals surface area contributed by atoms with E-state index < -0.39 is 11.7 Å². The molecule has 1 heterocycles. The molecule has 2 N–H and O–H groups in total. The second kappa shape index (κ2) is 6.89. The van der Waals surface area contributed by atoms with E-state index in [1.165, 1.54) is 6.20 Å². The third-order valence-electron chi connectivity index (χ3n) is 4.08. The summed E-state index contributed by atoms with van der Waals surface area (Å²) in [5, 5.41) is 26.0. The molecule has 0 saturated heterocycles. The zero-order valence-electron chi connectivity index (χ0n) is 11.9. The van der Waals surface area contributed by atoms with Crippen LogP contribution in [0.25, 0.3) is 0 Å². The van der Waals surface area contributed by atoms with Gasteiger partial charge in [-0.25, -0.2) is 0 Å². The summed E-state index contributed by atoms with van der Waals surface area (Å²) < 4.78 is 6.66. The van der Waals surface area contributed by atoms with Crippen molar-refractivity contribution in [3.05, 3.63) is 16.9 Å². The SMILES string of the molecule is COCCn1ncc(Cl)c1C(O)C1(O)CCCCCC1. The highest BCUT2D eigenvalue weighted by atomic mass is 35.5. The van der Waals surface area contributed by atoms with Gasteiger partial charge in [-0.2, -0.15) is 5.10 Å². The van der Waals surface area contributed by atoms with Crippen molar-refractivity contribution in [1.82, 2.24) is 9.78 Å². The maximum atomic E-state index is 10.8. The van der Waals surface area contributed by atoms with E-state index in [2.05, 4.69) is 5.10 Å². The molecule has 1 saturated carbocycles. The highest BCUT2D eigenvalue weighted by molar-refractivity contribution is 6.31. The third kappa shape index (κ3) is 3.34. The van der Waals surface area contributed by atoms with Gasteiger partial charge in [0.1, 0.15) is 6.10 Å². The molecule has 20 heavy (non-hydrogen) atoms. The van der Waals surface area contributed by atoms with E-state index in [9.17, 15) is 10.2 Å². The molecule has 1 aliphatic carbocycles.